The van der Waals surface area contributed by atoms with Gasteiger partial charge in [-0.3, -0.25) is 0 Å². The van der Waals surface area contributed by atoms with E-state index in [1.807, 2.05) is 36.3 Å². The van der Waals surface area contributed by atoms with Crippen molar-refractivity contribution in [3.05, 3.63) is 30.0 Å². The second kappa shape index (κ2) is 7.13. The molecule has 3 rings (SSSR count). The van der Waals surface area contributed by atoms with Crippen LogP contribution in [0, 0.1) is 0 Å². The Hall–Kier alpha value is -2.21. The lowest BCUT2D eigenvalue weighted by molar-refractivity contribution is 0.191. The van der Waals surface area contributed by atoms with E-state index in [0.717, 1.165) is 42.6 Å². The maximum absolute atomic E-state index is 12.3. The van der Waals surface area contributed by atoms with Crippen molar-refractivity contribution < 1.29 is 9.53 Å². The number of carbonyl (C=O) groups is 1. The summed E-state index contributed by atoms with van der Waals surface area (Å²) in [6.45, 7) is 2.63. The molecule has 1 fully saturated rings. The van der Waals surface area contributed by atoms with E-state index in [-0.39, 0.29) is 6.03 Å². The second-order valence-electron chi connectivity index (χ2n) is 6.52. The summed E-state index contributed by atoms with van der Waals surface area (Å²) in [6.07, 6.45) is 3.84. The van der Waals surface area contributed by atoms with E-state index in [9.17, 15) is 4.79 Å². The predicted molar refractivity (Wildman–Crippen MR) is 95.6 cm³/mol. The van der Waals surface area contributed by atoms with Crippen LogP contribution in [0.1, 0.15) is 12.0 Å². The van der Waals surface area contributed by atoms with E-state index >= 15 is 0 Å². The maximum Gasteiger partial charge on any atom is 0.317 e. The molecule has 0 radical (unpaired) electrons. The van der Waals surface area contributed by atoms with Crippen LogP contribution in [-0.4, -0.2) is 67.7 Å². The Kier molecular flexibility index (Phi) is 4.94. The van der Waals surface area contributed by atoms with Crippen molar-refractivity contribution in [2.75, 3.05) is 40.8 Å². The number of nitrogens with zero attached hydrogens (tertiary/aromatic N) is 2. The Morgan fingerprint density at radius 2 is 2.33 bits per heavy atom. The minimum Gasteiger partial charge on any atom is -0.497 e. The fourth-order valence-corrected chi connectivity index (χ4v) is 3.31. The number of methoxy groups -OCH3 is 1. The number of urea groups is 1. The molecule has 1 saturated heterocycles. The highest BCUT2D eigenvalue weighted by Crippen LogP contribution is 2.23. The van der Waals surface area contributed by atoms with Crippen LogP contribution >= 0.6 is 0 Å². The average molecular weight is 330 g/mol. The lowest BCUT2D eigenvalue weighted by atomic mass is 10.1. The van der Waals surface area contributed by atoms with Crippen LogP contribution in [0.25, 0.3) is 10.9 Å². The van der Waals surface area contributed by atoms with Crippen molar-refractivity contribution in [1.29, 1.82) is 0 Å². The summed E-state index contributed by atoms with van der Waals surface area (Å²) in [4.78, 5) is 19.7. The number of hydrogen-bond acceptors (Lipinski definition) is 3. The van der Waals surface area contributed by atoms with Gasteiger partial charge in [0.2, 0.25) is 0 Å². The highest BCUT2D eigenvalue weighted by atomic mass is 16.5. The van der Waals surface area contributed by atoms with Crippen molar-refractivity contribution in [2.45, 2.75) is 18.9 Å². The molecule has 1 aliphatic rings. The van der Waals surface area contributed by atoms with Gasteiger partial charge in [-0.05, 0) is 50.2 Å². The van der Waals surface area contributed by atoms with Gasteiger partial charge in [-0.1, -0.05) is 0 Å². The molecule has 24 heavy (non-hydrogen) atoms. The van der Waals surface area contributed by atoms with Gasteiger partial charge in [0.15, 0.2) is 0 Å². The van der Waals surface area contributed by atoms with Gasteiger partial charge >= 0.3 is 6.03 Å². The van der Waals surface area contributed by atoms with Gasteiger partial charge in [-0.15, -0.1) is 0 Å². The fraction of sp³-hybridized carbons (Fsp3) is 0.500. The third-order valence-corrected chi connectivity index (χ3v) is 4.88. The normalized spacial score (nSPS) is 18.0. The van der Waals surface area contributed by atoms with Crippen LogP contribution in [0.3, 0.4) is 0 Å². The smallest absolute Gasteiger partial charge is 0.317 e. The number of amides is 2. The highest BCUT2D eigenvalue weighted by Gasteiger charge is 2.26. The molecule has 1 aromatic carbocycles. The zero-order valence-electron chi connectivity index (χ0n) is 14.6. The van der Waals surface area contributed by atoms with Crippen molar-refractivity contribution in [3.63, 3.8) is 0 Å². The number of likely N-dealkylation sites (N-methyl/N-ethyl adjacent to an activating group) is 2. The summed E-state index contributed by atoms with van der Waals surface area (Å²) in [7, 11) is 5.65. The first kappa shape index (κ1) is 16.6. The lowest BCUT2D eigenvalue weighted by Gasteiger charge is -2.24. The number of fused-ring (bicyclic) bond motifs is 1. The van der Waals surface area contributed by atoms with Crippen molar-refractivity contribution in [3.8, 4) is 5.75 Å². The van der Waals surface area contributed by atoms with Gasteiger partial charge in [0.25, 0.3) is 0 Å². The Labute approximate surface area is 142 Å². The molecular weight excluding hydrogens is 304 g/mol. The summed E-state index contributed by atoms with van der Waals surface area (Å²) in [5.74, 6) is 0.845. The van der Waals surface area contributed by atoms with Crippen molar-refractivity contribution in [1.82, 2.24) is 20.1 Å². The largest absolute Gasteiger partial charge is 0.497 e. The van der Waals surface area contributed by atoms with Gasteiger partial charge in [0.1, 0.15) is 5.75 Å². The Morgan fingerprint density at radius 3 is 3.04 bits per heavy atom. The van der Waals surface area contributed by atoms with Crippen LogP contribution in [0.15, 0.2) is 24.4 Å². The van der Waals surface area contributed by atoms with Gasteiger partial charge in [0.05, 0.1) is 7.11 Å². The van der Waals surface area contributed by atoms with E-state index < -0.39 is 0 Å². The van der Waals surface area contributed by atoms with E-state index in [1.54, 1.807) is 7.11 Å². The molecule has 2 heterocycles. The van der Waals surface area contributed by atoms with Crippen LogP contribution < -0.4 is 10.1 Å². The summed E-state index contributed by atoms with van der Waals surface area (Å²) >= 11 is 0. The van der Waals surface area contributed by atoms with Gasteiger partial charge in [-0.2, -0.15) is 0 Å². The number of nitrogens with one attached hydrogen (secondary N) is 2. The van der Waals surface area contributed by atoms with Gasteiger partial charge in [0, 0.05) is 43.3 Å². The molecule has 2 N–H and O–H groups in total. The monoisotopic (exact) mass is 330 g/mol. The molecular formula is C18H26N4O2. The fourth-order valence-electron chi connectivity index (χ4n) is 3.31. The molecule has 2 aromatic rings. The first-order valence-corrected chi connectivity index (χ1v) is 8.41. The lowest BCUT2D eigenvalue weighted by Crippen LogP contribution is -2.45. The van der Waals surface area contributed by atoms with Crippen LogP contribution in [0.4, 0.5) is 4.79 Å². The summed E-state index contributed by atoms with van der Waals surface area (Å²) in [5, 5.41) is 4.18. The average Bonchev–Trinajstić information content (AvgIpc) is 3.20. The Morgan fingerprint density at radius 1 is 1.50 bits per heavy atom. The predicted octanol–water partition coefficient (Wildman–Crippen LogP) is 2.06. The molecule has 0 bridgehead atoms. The van der Waals surface area contributed by atoms with E-state index in [4.69, 9.17) is 4.74 Å². The quantitative estimate of drug-likeness (QED) is 0.882. The number of H-pyrrole nitrogens is 1. The number of likely N-dealkylation sites (tertiary alicyclic amines) is 1. The third kappa shape index (κ3) is 3.48. The molecule has 1 unspecified atom stereocenters. The number of rotatable bonds is 5. The number of benzene rings is 1. The molecule has 1 aromatic heterocycles. The molecule has 0 saturated carbocycles. The first-order valence-electron chi connectivity index (χ1n) is 8.41. The van der Waals surface area contributed by atoms with Crippen LogP contribution in [-0.2, 0) is 6.42 Å². The number of hydrogen-bond donors (Lipinski definition) is 2. The number of aromatic nitrogens is 1. The molecule has 0 aliphatic carbocycles. The highest BCUT2D eigenvalue weighted by molar-refractivity contribution is 5.84. The maximum atomic E-state index is 12.3. The first-order chi connectivity index (χ1) is 11.6. The number of ether oxygens (including phenoxy) is 1. The topological polar surface area (TPSA) is 60.6 Å². The summed E-state index contributed by atoms with van der Waals surface area (Å²) < 4.78 is 5.29. The van der Waals surface area contributed by atoms with Crippen molar-refractivity contribution >= 4 is 16.9 Å². The molecule has 2 amide bonds. The Balaban J connectivity index is 1.55. The zero-order chi connectivity index (χ0) is 17.1. The minimum atomic E-state index is 0.00715. The zero-order valence-corrected chi connectivity index (χ0v) is 14.6. The molecule has 130 valence electrons. The second-order valence-corrected chi connectivity index (χ2v) is 6.52. The third-order valence-electron chi connectivity index (χ3n) is 4.88. The van der Waals surface area contributed by atoms with E-state index in [0.29, 0.717) is 12.6 Å². The summed E-state index contributed by atoms with van der Waals surface area (Å²) in [5.41, 5.74) is 2.27. The Bertz CT molecular complexity index is 712. The van der Waals surface area contributed by atoms with Crippen LogP contribution in [0.5, 0.6) is 5.75 Å². The standard InChI is InChI=1S/C18H26N4O2/c1-21-9-7-14(12-21)22(2)18(23)19-8-6-13-11-20-17-5-4-15(24-3)10-16(13)17/h4-5,10-11,14,20H,6-9,12H2,1-3H3,(H,19,23). The molecule has 6 heteroatoms. The molecule has 0 spiro atoms. The molecule has 1 atom stereocenters. The van der Waals surface area contributed by atoms with E-state index in [1.165, 1.54) is 5.56 Å². The number of aromatic amines is 1. The summed E-state index contributed by atoms with van der Waals surface area (Å²) in [6, 6.07) is 6.31. The number of carbonyl (C=O) groups excluding carboxylic acids is 1. The van der Waals surface area contributed by atoms with E-state index in [2.05, 4.69) is 22.2 Å². The van der Waals surface area contributed by atoms with Gasteiger partial charge < -0.3 is 24.8 Å². The van der Waals surface area contributed by atoms with Crippen LogP contribution in [0.2, 0.25) is 0 Å². The SMILES string of the molecule is COc1ccc2[nH]cc(CCNC(=O)N(C)C3CCN(C)C3)c2c1. The van der Waals surface area contributed by atoms with Gasteiger partial charge in [-0.25, -0.2) is 4.79 Å². The minimum absolute atomic E-state index is 0.00715. The molecule has 6 nitrogen and oxygen atoms in total. The molecule has 1 aliphatic heterocycles. The van der Waals surface area contributed by atoms with Crippen molar-refractivity contribution in [2.24, 2.45) is 0 Å².